The van der Waals surface area contributed by atoms with Crippen LogP contribution in [0.1, 0.15) is 12.5 Å². The highest BCUT2D eigenvalue weighted by molar-refractivity contribution is 5.97. The first-order valence-electron chi connectivity index (χ1n) is 9.02. The maximum absolute atomic E-state index is 12.5. The molecule has 6 atom stereocenters. The molecule has 1 heterocycles. The van der Waals surface area contributed by atoms with Crippen LogP contribution in [0, 0.1) is 0 Å². The van der Waals surface area contributed by atoms with Gasteiger partial charge in [0.1, 0.15) is 49.7 Å². The molecule has 1 aromatic rings. The zero-order chi connectivity index (χ0) is 20.3. The van der Waals surface area contributed by atoms with Crippen molar-refractivity contribution in [3.63, 3.8) is 0 Å². The number of fused-ring (bicyclic) bond motifs is 1. The van der Waals surface area contributed by atoms with Crippen molar-refractivity contribution < 1.29 is 34.3 Å². The van der Waals surface area contributed by atoms with E-state index < -0.39 is 42.5 Å². The minimum Gasteiger partial charge on any atom is -0.490 e. The van der Waals surface area contributed by atoms with Crippen LogP contribution < -0.4 is 10.1 Å². The monoisotopic (exact) mass is 391 g/mol. The van der Waals surface area contributed by atoms with Gasteiger partial charge < -0.3 is 34.8 Å². The molecule has 0 radical (unpaired) electrons. The number of carbonyl (C=O) groups excluding carboxylic acids is 1. The molecule has 1 saturated carbocycles. The molecule has 1 aliphatic heterocycles. The van der Waals surface area contributed by atoms with E-state index in [1.165, 1.54) is 0 Å². The van der Waals surface area contributed by atoms with Crippen molar-refractivity contribution in [3.8, 4) is 5.75 Å². The molecule has 8 nitrogen and oxygen atoms in total. The van der Waals surface area contributed by atoms with Crippen LogP contribution in [0.15, 0.2) is 42.5 Å². The van der Waals surface area contributed by atoms with Crippen LogP contribution in [0.4, 0.5) is 0 Å². The van der Waals surface area contributed by atoms with E-state index >= 15 is 0 Å². The van der Waals surface area contributed by atoms with Gasteiger partial charge in [0.25, 0.3) is 0 Å². The molecule has 0 aromatic heterocycles. The molecule has 0 bridgehead atoms. The molecule has 1 aliphatic carbocycles. The number of nitrogens with one attached hydrogen (secondary N) is 1. The molecule has 0 unspecified atom stereocenters. The number of hydrogen-bond acceptors (Lipinski definition) is 7. The topological polar surface area (TPSA) is 117 Å². The van der Waals surface area contributed by atoms with Gasteiger partial charge in [0.15, 0.2) is 0 Å². The Hall–Kier alpha value is -2.23. The number of hydrogen-bond donors (Lipinski definition) is 4. The molecular formula is C20H25NO7. The minimum atomic E-state index is -1.38. The number of rotatable bonds is 6. The van der Waals surface area contributed by atoms with Crippen LogP contribution in [0.5, 0.6) is 5.75 Å². The Bertz CT molecular complexity index is 733. The Morgan fingerprint density at radius 1 is 1.18 bits per heavy atom. The third-order valence-corrected chi connectivity index (χ3v) is 4.89. The van der Waals surface area contributed by atoms with E-state index in [4.69, 9.17) is 14.2 Å². The summed E-state index contributed by atoms with van der Waals surface area (Å²) in [6, 6.07) is 6.09. The predicted molar refractivity (Wildman–Crippen MR) is 100 cm³/mol. The van der Waals surface area contributed by atoms with E-state index in [9.17, 15) is 20.1 Å². The zero-order valence-corrected chi connectivity index (χ0v) is 15.5. The standard InChI is InChI=1S/C20H25NO7/c1-3-8-26-13-6-4-12(5-7-13)9-11(2)20(25)21-14-15(22)17(24)19-18(16(14)23)27-10-28-19/h3-7,9,14-19,22-24H,1,8,10H2,2H3,(H,21,25)/b11-9+/t14-,15+,16-,17-,18+,19-/m1/s1. The van der Waals surface area contributed by atoms with Crippen molar-refractivity contribution in [2.24, 2.45) is 0 Å². The molecule has 2 aliphatic rings. The summed E-state index contributed by atoms with van der Waals surface area (Å²) in [5, 5.41) is 33.4. The summed E-state index contributed by atoms with van der Waals surface area (Å²) in [7, 11) is 0. The quantitative estimate of drug-likeness (QED) is 0.398. The van der Waals surface area contributed by atoms with Crippen molar-refractivity contribution in [2.75, 3.05) is 13.4 Å². The maximum atomic E-state index is 12.5. The lowest BCUT2D eigenvalue weighted by Crippen LogP contribution is -2.67. The highest BCUT2D eigenvalue weighted by Crippen LogP contribution is 2.30. The highest BCUT2D eigenvalue weighted by atomic mass is 16.7. The minimum absolute atomic E-state index is 0.0811. The van der Waals surface area contributed by atoms with E-state index in [2.05, 4.69) is 11.9 Å². The van der Waals surface area contributed by atoms with Gasteiger partial charge in [-0.05, 0) is 30.7 Å². The molecule has 1 amide bonds. The van der Waals surface area contributed by atoms with Gasteiger partial charge in [-0.1, -0.05) is 24.8 Å². The van der Waals surface area contributed by atoms with Gasteiger partial charge in [0.2, 0.25) is 5.91 Å². The number of benzene rings is 1. The largest absolute Gasteiger partial charge is 0.490 e. The molecule has 3 rings (SSSR count). The number of aliphatic hydroxyl groups excluding tert-OH is 3. The van der Waals surface area contributed by atoms with Gasteiger partial charge in [0.05, 0.1) is 6.04 Å². The summed E-state index contributed by atoms with van der Waals surface area (Å²) in [5.74, 6) is 0.217. The van der Waals surface area contributed by atoms with Gasteiger partial charge in [-0.15, -0.1) is 0 Å². The molecule has 1 aromatic carbocycles. The van der Waals surface area contributed by atoms with Crippen molar-refractivity contribution in [1.29, 1.82) is 0 Å². The van der Waals surface area contributed by atoms with Gasteiger partial charge in [0, 0.05) is 5.57 Å². The predicted octanol–water partition coefficient (Wildman–Crippen LogP) is -0.0227. The number of carbonyl (C=O) groups is 1. The summed E-state index contributed by atoms with van der Waals surface area (Å²) in [4.78, 5) is 12.5. The smallest absolute Gasteiger partial charge is 0.247 e. The lowest BCUT2D eigenvalue weighted by Gasteiger charge is -2.41. The summed E-state index contributed by atoms with van der Waals surface area (Å²) >= 11 is 0. The Morgan fingerprint density at radius 2 is 1.82 bits per heavy atom. The summed E-state index contributed by atoms with van der Waals surface area (Å²) in [6.07, 6.45) is -2.16. The second-order valence-corrected chi connectivity index (χ2v) is 6.85. The van der Waals surface area contributed by atoms with E-state index in [0.29, 0.717) is 17.9 Å². The molecule has 152 valence electrons. The average Bonchev–Trinajstić information content (AvgIpc) is 3.19. The molecule has 2 fully saturated rings. The second kappa shape index (κ2) is 8.85. The highest BCUT2D eigenvalue weighted by Gasteiger charge is 2.53. The molecule has 0 spiro atoms. The second-order valence-electron chi connectivity index (χ2n) is 6.85. The van der Waals surface area contributed by atoms with Crippen LogP contribution in [0.25, 0.3) is 6.08 Å². The lowest BCUT2D eigenvalue weighted by molar-refractivity contribution is -0.155. The first-order chi connectivity index (χ1) is 13.4. The lowest BCUT2D eigenvalue weighted by atomic mass is 9.83. The van der Waals surface area contributed by atoms with Gasteiger partial charge in [-0.25, -0.2) is 0 Å². The Morgan fingerprint density at radius 3 is 2.46 bits per heavy atom. The SMILES string of the molecule is C=CCOc1ccc(/C=C(\C)C(=O)N[C@@H]2[C@H](O)[C@@H](O)[C@H]3OCO[C@H]3[C@@H]2O)cc1. The van der Waals surface area contributed by atoms with Crippen LogP contribution >= 0.6 is 0 Å². The van der Waals surface area contributed by atoms with Crippen molar-refractivity contribution in [1.82, 2.24) is 5.32 Å². The van der Waals surface area contributed by atoms with Crippen LogP contribution in [-0.2, 0) is 14.3 Å². The Labute approximate surface area is 163 Å². The molecule has 8 heteroatoms. The first kappa shape index (κ1) is 20.5. The summed E-state index contributed by atoms with van der Waals surface area (Å²) in [5.41, 5.74) is 1.16. The van der Waals surface area contributed by atoms with Crippen molar-refractivity contribution >= 4 is 12.0 Å². The van der Waals surface area contributed by atoms with Crippen LogP contribution in [-0.4, -0.2) is 71.2 Å². The van der Waals surface area contributed by atoms with Gasteiger partial charge >= 0.3 is 0 Å². The number of amides is 1. The fourth-order valence-corrected chi connectivity index (χ4v) is 3.35. The summed E-state index contributed by atoms with van der Waals surface area (Å²) < 4.78 is 15.9. The van der Waals surface area contributed by atoms with Gasteiger partial charge in [-0.3, -0.25) is 4.79 Å². The third kappa shape index (κ3) is 4.26. The Balaban J connectivity index is 1.66. The number of ether oxygens (including phenoxy) is 3. The van der Waals surface area contributed by atoms with Gasteiger partial charge in [-0.2, -0.15) is 0 Å². The van der Waals surface area contributed by atoms with E-state index in [0.717, 1.165) is 5.56 Å². The van der Waals surface area contributed by atoms with Crippen molar-refractivity contribution in [2.45, 2.75) is 43.5 Å². The van der Waals surface area contributed by atoms with E-state index in [-0.39, 0.29) is 6.79 Å². The number of aliphatic hydroxyl groups is 3. The maximum Gasteiger partial charge on any atom is 0.247 e. The average molecular weight is 391 g/mol. The molecule has 4 N–H and O–H groups in total. The third-order valence-electron chi connectivity index (χ3n) is 4.89. The summed E-state index contributed by atoms with van der Waals surface area (Å²) in [6.45, 7) is 5.53. The first-order valence-corrected chi connectivity index (χ1v) is 9.02. The van der Waals surface area contributed by atoms with Crippen LogP contribution in [0.3, 0.4) is 0 Å². The molecule has 28 heavy (non-hydrogen) atoms. The zero-order valence-electron chi connectivity index (χ0n) is 15.5. The Kier molecular flexibility index (Phi) is 6.48. The normalized spacial score (nSPS) is 32.5. The fourth-order valence-electron chi connectivity index (χ4n) is 3.35. The van der Waals surface area contributed by atoms with Crippen LogP contribution in [0.2, 0.25) is 0 Å². The fraction of sp³-hybridized carbons (Fsp3) is 0.450. The van der Waals surface area contributed by atoms with Crippen molar-refractivity contribution in [3.05, 3.63) is 48.1 Å². The van der Waals surface area contributed by atoms with E-state index in [1.807, 2.05) is 0 Å². The molecule has 1 saturated heterocycles. The molecular weight excluding hydrogens is 366 g/mol. The van der Waals surface area contributed by atoms with E-state index in [1.54, 1.807) is 43.3 Å².